The summed E-state index contributed by atoms with van der Waals surface area (Å²) >= 11 is 1.74. The molecule has 0 fully saturated rings. The van der Waals surface area contributed by atoms with Crippen molar-refractivity contribution >= 4 is 43.6 Å². The molecule has 8 N–H and O–H groups in total. The van der Waals surface area contributed by atoms with Gasteiger partial charge in [-0.05, 0) is 40.8 Å². The first-order valence-corrected chi connectivity index (χ1v) is 6.62. The molecule has 0 atom stereocenters. The first-order valence-electron chi connectivity index (χ1n) is 4.13. The summed E-state index contributed by atoms with van der Waals surface area (Å²) in [6.45, 7) is 0. The van der Waals surface area contributed by atoms with Crippen molar-refractivity contribution in [2.24, 2.45) is 0 Å². The summed E-state index contributed by atoms with van der Waals surface area (Å²) < 4.78 is 33.4. The van der Waals surface area contributed by atoms with E-state index in [1.165, 1.54) is 18.3 Å². The topological polar surface area (TPSA) is 186 Å². The minimum Gasteiger partial charge on any atom is -0.744 e. The van der Waals surface area contributed by atoms with E-state index in [2.05, 4.69) is 4.98 Å². The number of aromatic hydroxyl groups is 1. The molecule has 118 valence electrons. The van der Waals surface area contributed by atoms with E-state index in [-0.39, 0.29) is 63.9 Å². The monoisotopic (exact) mass is 512 g/mol. The first-order chi connectivity index (χ1) is 7.41. The number of hydrogen-bond acceptors (Lipinski definition) is 5. The molecule has 0 aliphatic carbocycles. The second kappa shape index (κ2) is 8.86. The zero-order valence-electron chi connectivity index (χ0n) is 9.59. The zero-order chi connectivity index (χ0) is 11.9. The van der Waals surface area contributed by atoms with Crippen LogP contribution in [0.3, 0.4) is 0 Å². The van der Waals surface area contributed by atoms with E-state index in [1.54, 1.807) is 22.6 Å². The Kier molecular flexibility index (Phi) is 10.9. The Hall–Kier alpha value is -0.310. The van der Waals surface area contributed by atoms with Gasteiger partial charge in [-0.25, -0.2) is 8.42 Å². The van der Waals surface area contributed by atoms with Crippen LogP contribution in [-0.4, -0.2) is 34.0 Å². The third kappa shape index (κ3) is 4.61. The first kappa shape index (κ1) is 24.7. The van der Waals surface area contributed by atoms with Crippen molar-refractivity contribution in [3.63, 3.8) is 0 Å². The SMILES string of the molecule is O.O.O=S(=O)([O-])c1cc(I)c(O)c2ncccc12.[Ag+].[OH3+]. The third-order valence-corrected chi connectivity index (χ3v) is 3.75. The van der Waals surface area contributed by atoms with E-state index >= 15 is 0 Å². The fourth-order valence-electron chi connectivity index (χ4n) is 1.37. The van der Waals surface area contributed by atoms with Crippen LogP contribution in [0.2, 0.25) is 0 Å². The number of nitrogens with zero attached hydrogens (tertiary/aromatic N) is 1. The molecule has 0 aliphatic heterocycles. The van der Waals surface area contributed by atoms with Gasteiger partial charge in [0.2, 0.25) is 0 Å². The summed E-state index contributed by atoms with van der Waals surface area (Å²) in [6.07, 6.45) is 1.42. The Bertz CT molecular complexity index is 679. The molecular formula is C9H12AgINO7S+. The molecule has 1 aromatic heterocycles. The van der Waals surface area contributed by atoms with Crippen molar-refractivity contribution in [3.05, 3.63) is 28.0 Å². The predicted molar refractivity (Wildman–Crippen MR) is 76.2 cm³/mol. The molecule has 0 radical (unpaired) electrons. The summed E-state index contributed by atoms with van der Waals surface area (Å²) in [5.41, 5.74) is 0.115. The van der Waals surface area contributed by atoms with Gasteiger partial charge in [0.1, 0.15) is 15.6 Å². The molecule has 2 rings (SSSR count). The molecule has 20 heavy (non-hydrogen) atoms. The van der Waals surface area contributed by atoms with E-state index in [4.69, 9.17) is 0 Å². The quantitative estimate of drug-likeness (QED) is 0.219. The van der Waals surface area contributed by atoms with Gasteiger partial charge in [-0.1, -0.05) is 0 Å². The maximum Gasteiger partial charge on any atom is 1.00 e. The second-order valence-electron chi connectivity index (χ2n) is 3.06. The standard InChI is InChI=1S/C9H6INO4S.Ag.3H2O/c10-6-4-7(16(13,14)15)5-2-1-3-11-8(5)9(6)12;;;;/h1-4,12H,(H,13,14,15);;3*1H2/q;+1;;;. The number of pyridine rings is 1. The van der Waals surface area contributed by atoms with Gasteiger partial charge in [0.25, 0.3) is 0 Å². The van der Waals surface area contributed by atoms with Crippen LogP contribution in [0.1, 0.15) is 0 Å². The molecule has 0 saturated carbocycles. The van der Waals surface area contributed by atoms with Gasteiger partial charge in [-0.2, -0.15) is 0 Å². The van der Waals surface area contributed by atoms with E-state index in [9.17, 15) is 18.1 Å². The maximum atomic E-state index is 11.0. The van der Waals surface area contributed by atoms with Crippen molar-refractivity contribution in [2.75, 3.05) is 0 Å². The van der Waals surface area contributed by atoms with Crippen LogP contribution >= 0.6 is 22.6 Å². The van der Waals surface area contributed by atoms with Crippen LogP contribution in [-0.2, 0) is 38.0 Å². The Morgan fingerprint density at radius 1 is 1.30 bits per heavy atom. The van der Waals surface area contributed by atoms with E-state index in [0.29, 0.717) is 0 Å². The Balaban J connectivity index is -0.000000722. The number of benzene rings is 1. The molecule has 0 spiro atoms. The zero-order valence-corrected chi connectivity index (χ0v) is 14.0. The van der Waals surface area contributed by atoms with Gasteiger partial charge in [0.15, 0.2) is 5.75 Å². The van der Waals surface area contributed by atoms with Crippen LogP contribution in [0.5, 0.6) is 5.75 Å². The van der Waals surface area contributed by atoms with Crippen LogP contribution in [0, 0.1) is 3.57 Å². The maximum absolute atomic E-state index is 11.0. The van der Waals surface area contributed by atoms with Crippen LogP contribution in [0.25, 0.3) is 10.9 Å². The Morgan fingerprint density at radius 3 is 2.35 bits per heavy atom. The summed E-state index contributed by atoms with van der Waals surface area (Å²) in [4.78, 5) is 3.49. The van der Waals surface area contributed by atoms with Crippen molar-refractivity contribution < 1.29 is 56.9 Å². The van der Waals surface area contributed by atoms with Crippen LogP contribution in [0.4, 0.5) is 0 Å². The van der Waals surface area contributed by atoms with E-state index in [0.717, 1.165) is 6.07 Å². The number of fused-ring (bicyclic) bond motifs is 1. The molecule has 8 nitrogen and oxygen atoms in total. The van der Waals surface area contributed by atoms with E-state index in [1.807, 2.05) is 0 Å². The number of phenolic OH excluding ortho intramolecular Hbond substituents is 1. The van der Waals surface area contributed by atoms with Crippen molar-refractivity contribution in [3.8, 4) is 5.75 Å². The molecule has 2 aromatic rings. The molecule has 11 heteroatoms. The minimum atomic E-state index is -4.57. The number of hydrogen-bond donors (Lipinski definition) is 1. The van der Waals surface area contributed by atoms with Crippen LogP contribution in [0.15, 0.2) is 29.3 Å². The molecular weight excluding hydrogens is 501 g/mol. The smallest absolute Gasteiger partial charge is 0.744 e. The van der Waals surface area contributed by atoms with Gasteiger partial charge in [-0.3, -0.25) is 4.98 Å². The third-order valence-electron chi connectivity index (χ3n) is 2.05. The largest absolute Gasteiger partial charge is 1.00 e. The summed E-state index contributed by atoms with van der Waals surface area (Å²) in [6, 6.07) is 4.08. The van der Waals surface area contributed by atoms with Gasteiger partial charge in [-0.15, -0.1) is 0 Å². The van der Waals surface area contributed by atoms with Crippen molar-refractivity contribution in [1.82, 2.24) is 4.98 Å². The van der Waals surface area contributed by atoms with Crippen molar-refractivity contribution in [1.29, 1.82) is 0 Å². The van der Waals surface area contributed by atoms with Crippen molar-refractivity contribution in [2.45, 2.75) is 4.90 Å². The van der Waals surface area contributed by atoms with Gasteiger partial charge in [0.05, 0.1) is 8.47 Å². The second-order valence-corrected chi connectivity index (χ2v) is 5.57. The average Bonchev–Trinajstić information content (AvgIpc) is 2.22. The van der Waals surface area contributed by atoms with Gasteiger partial charge >= 0.3 is 22.4 Å². The van der Waals surface area contributed by atoms with Crippen LogP contribution < -0.4 is 0 Å². The number of halogens is 1. The fourth-order valence-corrected chi connectivity index (χ4v) is 2.85. The number of rotatable bonds is 1. The molecule has 0 amide bonds. The van der Waals surface area contributed by atoms with Gasteiger partial charge < -0.3 is 26.1 Å². The van der Waals surface area contributed by atoms with E-state index < -0.39 is 10.1 Å². The molecule has 1 heterocycles. The molecule has 0 bridgehead atoms. The molecule has 1 aromatic carbocycles. The molecule has 0 saturated heterocycles. The van der Waals surface area contributed by atoms with Gasteiger partial charge in [0, 0.05) is 11.6 Å². The summed E-state index contributed by atoms with van der Waals surface area (Å²) in [7, 11) is -4.57. The minimum absolute atomic E-state index is 0. The number of aromatic nitrogens is 1. The normalized spacial score (nSPS) is 9.50. The number of phenols is 1. The summed E-state index contributed by atoms with van der Waals surface area (Å²) in [5.74, 6) is -0.122. The average molecular weight is 513 g/mol. The predicted octanol–water partition coefficient (Wildman–Crippen LogP) is -1.12. The Labute approximate surface area is 143 Å². The Morgan fingerprint density at radius 2 is 1.85 bits per heavy atom. The fraction of sp³-hybridized carbons (Fsp3) is 0. The molecule has 0 unspecified atom stereocenters. The summed E-state index contributed by atoms with van der Waals surface area (Å²) in [5, 5.41) is 9.82. The molecule has 0 aliphatic rings.